The van der Waals surface area contributed by atoms with Gasteiger partial charge in [-0.15, -0.1) is 0 Å². The fourth-order valence-corrected chi connectivity index (χ4v) is 2.59. The summed E-state index contributed by atoms with van der Waals surface area (Å²) in [7, 11) is 0. The van der Waals surface area contributed by atoms with Gasteiger partial charge in [0.15, 0.2) is 0 Å². The first kappa shape index (κ1) is 15.4. The molecule has 0 spiro atoms. The van der Waals surface area contributed by atoms with Gasteiger partial charge in [0.2, 0.25) is 0 Å². The van der Waals surface area contributed by atoms with Crippen molar-refractivity contribution < 1.29 is 9.84 Å². The number of nitrogens with zero attached hydrogens (tertiary/aromatic N) is 1. The number of nitrogens with one attached hydrogen (secondary N) is 1. The second kappa shape index (κ2) is 8.37. The number of benzene rings is 1. The van der Waals surface area contributed by atoms with Crippen molar-refractivity contribution in [1.82, 2.24) is 10.2 Å². The summed E-state index contributed by atoms with van der Waals surface area (Å²) < 4.78 is 5.77. The van der Waals surface area contributed by atoms with Gasteiger partial charge in [-0.3, -0.25) is 4.90 Å². The molecular weight excluding hydrogens is 252 g/mol. The second-order valence-electron chi connectivity index (χ2n) is 5.36. The maximum Gasteiger partial charge on any atom is 0.0826 e. The minimum Gasteiger partial charge on any atom is -0.395 e. The van der Waals surface area contributed by atoms with E-state index in [1.165, 1.54) is 5.56 Å². The first-order valence-electron chi connectivity index (χ1n) is 7.54. The number of rotatable bonds is 7. The van der Waals surface area contributed by atoms with Crippen LogP contribution >= 0.6 is 0 Å². The first-order chi connectivity index (χ1) is 9.81. The van der Waals surface area contributed by atoms with Crippen LogP contribution in [0.2, 0.25) is 0 Å². The molecule has 0 bridgehead atoms. The summed E-state index contributed by atoms with van der Waals surface area (Å²) in [4.78, 5) is 2.40. The van der Waals surface area contributed by atoms with Gasteiger partial charge in [-0.1, -0.05) is 37.3 Å². The van der Waals surface area contributed by atoms with Gasteiger partial charge in [-0.2, -0.15) is 0 Å². The number of aliphatic hydroxyl groups excluding tert-OH is 1. The molecule has 4 nitrogen and oxygen atoms in total. The normalized spacial score (nSPS) is 21.8. The Morgan fingerprint density at radius 3 is 2.90 bits per heavy atom. The summed E-state index contributed by atoms with van der Waals surface area (Å²) in [6.45, 7) is 7.03. The molecule has 1 aliphatic rings. The molecule has 4 heteroatoms. The lowest BCUT2D eigenvalue weighted by Crippen LogP contribution is -2.49. The SMILES string of the molecule is CCN1CCOC(CNC(CO)Cc2ccccc2)C1. The Kier molecular flexibility index (Phi) is 6.47. The summed E-state index contributed by atoms with van der Waals surface area (Å²) in [5, 5.41) is 12.9. The Morgan fingerprint density at radius 1 is 1.40 bits per heavy atom. The topological polar surface area (TPSA) is 44.7 Å². The van der Waals surface area contributed by atoms with E-state index in [-0.39, 0.29) is 18.8 Å². The maximum atomic E-state index is 9.50. The summed E-state index contributed by atoms with van der Waals surface area (Å²) >= 11 is 0. The highest BCUT2D eigenvalue weighted by atomic mass is 16.5. The van der Waals surface area contributed by atoms with Crippen LogP contribution in [0.25, 0.3) is 0 Å². The van der Waals surface area contributed by atoms with E-state index >= 15 is 0 Å². The third-order valence-electron chi connectivity index (χ3n) is 3.85. The van der Waals surface area contributed by atoms with Crippen molar-refractivity contribution in [3.8, 4) is 0 Å². The van der Waals surface area contributed by atoms with Crippen LogP contribution in [0.3, 0.4) is 0 Å². The van der Waals surface area contributed by atoms with E-state index in [0.29, 0.717) is 0 Å². The molecule has 2 unspecified atom stereocenters. The molecule has 112 valence electrons. The molecule has 20 heavy (non-hydrogen) atoms. The largest absolute Gasteiger partial charge is 0.395 e. The van der Waals surface area contributed by atoms with E-state index in [9.17, 15) is 5.11 Å². The Morgan fingerprint density at radius 2 is 2.20 bits per heavy atom. The molecule has 0 aliphatic carbocycles. The molecule has 0 amide bonds. The fourth-order valence-electron chi connectivity index (χ4n) is 2.59. The smallest absolute Gasteiger partial charge is 0.0826 e. The molecular formula is C16H26N2O2. The molecule has 2 rings (SSSR count). The zero-order valence-electron chi connectivity index (χ0n) is 12.3. The lowest BCUT2D eigenvalue weighted by molar-refractivity contribution is -0.0270. The van der Waals surface area contributed by atoms with Gasteiger partial charge in [0, 0.05) is 25.7 Å². The zero-order chi connectivity index (χ0) is 14.2. The van der Waals surface area contributed by atoms with Crippen LogP contribution in [-0.2, 0) is 11.2 Å². The Hall–Kier alpha value is -0.940. The van der Waals surface area contributed by atoms with Crippen LogP contribution in [0.4, 0.5) is 0 Å². The Bertz CT molecular complexity index is 372. The predicted molar refractivity (Wildman–Crippen MR) is 80.9 cm³/mol. The van der Waals surface area contributed by atoms with E-state index < -0.39 is 0 Å². The van der Waals surface area contributed by atoms with Crippen molar-refractivity contribution in [3.63, 3.8) is 0 Å². The number of likely N-dealkylation sites (N-methyl/N-ethyl adjacent to an activating group) is 1. The predicted octanol–water partition coefficient (Wildman–Crippen LogP) is 0.900. The molecule has 0 radical (unpaired) electrons. The molecule has 1 heterocycles. The van der Waals surface area contributed by atoms with Crippen LogP contribution in [0, 0.1) is 0 Å². The van der Waals surface area contributed by atoms with E-state index in [2.05, 4.69) is 29.3 Å². The minimum absolute atomic E-state index is 0.0954. The number of hydrogen-bond donors (Lipinski definition) is 2. The lowest BCUT2D eigenvalue weighted by Gasteiger charge is -2.33. The average molecular weight is 278 g/mol. The Balaban J connectivity index is 1.76. The van der Waals surface area contributed by atoms with Crippen LogP contribution < -0.4 is 5.32 Å². The third-order valence-corrected chi connectivity index (χ3v) is 3.85. The average Bonchev–Trinajstić information content (AvgIpc) is 2.52. The van der Waals surface area contributed by atoms with Crippen LogP contribution in [0.15, 0.2) is 30.3 Å². The third kappa shape index (κ3) is 4.87. The van der Waals surface area contributed by atoms with Crippen molar-refractivity contribution >= 4 is 0 Å². The van der Waals surface area contributed by atoms with E-state index in [1.807, 2.05) is 18.2 Å². The van der Waals surface area contributed by atoms with Crippen LogP contribution in [0.5, 0.6) is 0 Å². The number of morpholine rings is 1. The highest BCUT2D eigenvalue weighted by molar-refractivity contribution is 5.15. The van der Waals surface area contributed by atoms with Crippen LogP contribution in [0.1, 0.15) is 12.5 Å². The highest BCUT2D eigenvalue weighted by Crippen LogP contribution is 2.06. The quantitative estimate of drug-likeness (QED) is 0.778. The van der Waals surface area contributed by atoms with E-state index in [0.717, 1.165) is 39.2 Å². The number of hydrogen-bond acceptors (Lipinski definition) is 4. The van der Waals surface area contributed by atoms with Gasteiger partial charge < -0.3 is 15.2 Å². The van der Waals surface area contributed by atoms with Gasteiger partial charge in [0.25, 0.3) is 0 Å². The summed E-state index contributed by atoms with van der Waals surface area (Å²) in [5.74, 6) is 0. The molecule has 2 N–H and O–H groups in total. The molecule has 1 aromatic rings. The summed E-state index contributed by atoms with van der Waals surface area (Å²) in [6.07, 6.45) is 1.08. The highest BCUT2D eigenvalue weighted by Gasteiger charge is 2.20. The van der Waals surface area contributed by atoms with Crippen molar-refractivity contribution in [1.29, 1.82) is 0 Å². The molecule has 0 aromatic heterocycles. The summed E-state index contributed by atoms with van der Waals surface area (Å²) in [5.41, 5.74) is 1.25. The van der Waals surface area contributed by atoms with Gasteiger partial charge >= 0.3 is 0 Å². The molecule has 0 saturated carbocycles. The molecule has 1 aromatic carbocycles. The van der Waals surface area contributed by atoms with Gasteiger partial charge in [0.05, 0.1) is 19.3 Å². The zero-order valence-corrected chi connectivity index (χ0v) is 12.3. The van der Waals surface area contributed by atoms with E-state index in [4.69, 9.17) is 4.74 Å². The van der Waals surface area contributed by atoms with Crippen molar-refractivity contribution in [2.45, 2.75) is 25.5 Å². The monoisotopic (exact) mass is 278 g/mol. The van der Waals surface area contributed by atoms with Gasteiger partial charge in [-0.25, -0.2) is 0 Å². The Labute approximate surface area is 121 Å². The van der Waals surface area contributed by atoms with Crippen molar-refractivity contribution in [3.05, 3.63) is 35.9 Å². The van der Waals surface area contributed by atoms with Crippen molar-refractivity contribution in [2.75, 3.05) is 39.4 Å². The molecule has 1 aliphatic heterocycles. The van der Waals surface area contributed by atoms with Gasteiger partial charge in [0.1, 0.15) is 0 Å². The molecule has 1 saturated heterocycles. The standard InChI is InChI=1S/C16H26N2O2/c1-2-18-8-9-20-16(12-18)11-17-15(13-19)10-14-6-4-3-5-7-14/h3-7,15-17,19H,2,8-13H2,1H3. The summed E-state index contributed by atoms with van der Waals surface area (Å²) in [6, 6.07) is 10.4. The fraction of sp³-hybridized carbons (Fsp3) is 0.625. The van der Waals surface area contributed by atoms with Crippen LogP contribution in [-0.4, -0.2) is 61.5 Å². The number of ether oxygens (including phenoxy) is 1. The van der Waals surface area contributed by atoms with Crippen molar-refractivity contribution in [2.24, 2.45) is 0 Å². The second-order valence-corrected chi connectivity index (χ2v) is 5.36. The minimum atomic E-state index is 0.0954. The number of aliphatic hydroxyl groups is 1. The maximum absolute atomic E-state index is 9.50. The molecule has 2 atom stereocenters. The van der Waals surface area contributed by atoms with Gasteiger partial charge in [-0.05, 0) is 18.5 Å². The lowest BCUT2D eigenvalue weighted by atomic mass is 10.1. The first-order valence-corrected chi connectivity index (χ1v) is 7.54. The van der Waals surface area contributed by atoms with E-state index in [1.54, 1.807) is 0 Å². The molecule has 1 fully saturated rings.